The van der Waals surface area contributed by atoms with Crippen molar-refractivity contribution in [2.75, 3.05) is 13.6 Å². The molecular formula is C12H18N2O2. The van der Waals surface area contributed by atoms with Crippen LogP contribution in [-0.4, -0.2) is 34.5 Å². The number of carbonyl (C=O) groups excluding carboxylic acids is 1. The summed E-state index contributed by atoms with van der Waals surface area (Å²) in [5.41, 5.74) is 0.653. The number of amides is 1. The number of rotatable bonds is 5. The maximum absolute atomic E-state index is 11.3. The van der Waals surface area contributed by atoms with Crippen LogP contribution in [0.5, 0.6) is 0 Å². The molecule has 0 radical (unpaired) electrons. The van der Waals surface area contributed by atoms with Gasteiger partial charge in [0, 0.05) is 26.2 Å². The molecule has 0 aliphatic carbocycles. The van der Waals surface area contributed by atoms with Crippen LogP contribution in [0.15, 0.2) is 24.4 Å². The van der Waals surface area contributed by atoms with Crippen molar-refractivity contribution in [2.45, 2.75) is 25.9 Å². The number of aliphatic hydroxyl groups is 1. The van der Waals surface area contributed by atoms with Gasteiger partial charge < -0.3 is 10.0 Å². The molecular weight excluding hydrogens is 204 g/mol. The summed E-state index contributed by atoms with van der Waals surface area (Å²) in [7, 11) is 1.75. The first-order chi connectivity index (χ1) is 7.65. The Hall–Kier alpha value is -1.42. The lowest BCUT2D eigenvalue weighted by Gasteiger charge is -2.18. The van der Waals surface area contributed by atoms with Crippen molar-refractivity contribution < 1.29 is 9.90 Å². The molecule has 1 rings (SSSR count). The van der Waals surface area contributed by atoms with Gasteiger partial charge in [-0.2, -0.15) is 0 Å². The Kier molecular flexibility index (Phi) is 4.92. The molecule has 4 nitrogen and oxygen atoms in total. The van der Waals surface area contributed by atoms with Crippen molar-refractivity contribution in [1.82, 2.24) is 9.88 Å². The quantitative estimate of drug-likeness (QED) is 0.818. The Morgan fingerprint density at radius 2 is 2.31 bits per heavy atom. The summed E-state index contributed by atoms with van der Waals surface area (Å²) in [4.78, 5) is 17.0. The lowest BCUT2D eigenvalue weighted by atomic mass is 10.1. The molecule has 0 bridgehead atoms. The van der Waals surface area contributed by atoms with Crippen LogP contribution >= 0.6 is 0 Å². The maximum Gasteiger partial charge on any atom is 0.222 e. The van der Waals surface area contributed by atoms with Gasteiger partial charge in [-0.15, -0.1) is 0 Å². The number of pyridine rings is 1. The van der Waals surface area contributed by atoms with E-state index in [4.69, 9.17) is 0 Å². The van der Waals surface area contributed by atoms with Gasteiger partial charge in [-0.05, 0) is 18.6 Å². The molecule has 1 N–H and O–H groups in total. The first kappa shape index (κ1) is 12.6. The number of aliphatic hydroxyl groups excluding tert-OH is 1. The zero-order valence-electron chi connectivity index (χ0n) is 9.76. The summed E-state index contributed by atoms with van der Waals surface area (Å²) < 4.78 is 0. The van der Waals surface area contributed by atoms with E-state index in [-0.39, 0.29) is 5.91 Å². The molecule has 16 heavy (non-hydrogen) atoms. The number of nitrogens with zero attached hydrogens (tertiary/aromatic N) is 2. The van der Waals surface area contributed by atoms with E-state index in [2.05, 4.69) is 4.98 Å². The highest BCUT2D eigenvalue weighted by Gasteiger charge is 2.11. The monoisotopic (exact) mass is 222 g/mol. The Morgan fingerprint density at radius 1 is 1.56 bits per heavy atom. The molecule has 1 atom stereocenters. The molecule has 4 heteroatoms. The van der Waals surface area contributed by atoms with E-state index in [1.165, 1.54) is 0 Å². The number of hydrogen-bond donors (Lipinski definition) is 1. The summed E-state index contributed by atoms with van der Waals surface area (Å²) in [6.07, 6.45) is 2.06. The molecule has 88 valence electrons. The molecule has 1 unspecified atom stereocenters. The smallest absolute Gasteiger partial charge is 0.222 e. The third-order valence-electron chi connectivity index (χ3n) is 2.50. The molecule has 0 aliphatic heterocycles. The van der Waals surface area contributed by atoms with Crippen LogP contribution in [0.4, 0.5) is 0 Å². The summed E-state index contributed by atoms with van der Waals surface area (Å²) in [5.74, 6) is 0.0909. The maximum atomic E-state index is 11.3. The Balaban J connectivity index is 2.41. The fourth-order valence-corrected chi connectivity index (χ4v) is 1.43. The van der Waals surface area contributed by atoms with Crippen LogP contribution in [0.3, 0.4) is 0 Å². The second-order valence-electron chi connectivity index (χ2n) is 3.73. The Morgan fingerprint density at radius 3 is 2.88 bits per heavy atom. The van der Waals surface area contributed by atoms with Gasteiger partial charge in [0.2, 0.25) is 5.91 Å². The predicted molar refractivity (Wildman–Crippen MR) is 61.7 cm³/mol. The second kappa shape index (κ2) is 6.23. The van der Waals surface area contributed by atoms with Gasteiger partial charge >= 0.3 is 0 Å². The van der Waals surface area contributed by atoms with E-state index >= 15 is 0 Å². The van der Waals surface area contributed by atoms with Crippen molar-refractivity contribution in [3.8, 4) is 0 Å². The lowest BCUT2D eigenvalue weighted by molar-refractivity contribution is -0.129. The summed E-state index contributed by atoms with van der Waals surface area (Å²) >= 11 is 0. The van der Waals surface area contributed by atoms with Gasteiger partial charge in [-0.1, -0.05) is 13.0 Å². The van der Waals surface area contributed by atoms with E-state index in [9.17, 15) is 9.90 Å². The highest BCUT2D eigenvalue weighted by Crippen LogP contribution is 2.13. The van der Waals surface area contributed by atoms with E-state index in [0.717, 1.165) is 0 Å². The minimum atomic E-state index is -0.603. The fraction of sp³-hybridized carbons (Fsp3) is 0.500. The molecule has 0 saturated carbocycles. The van der Waals surface area contributed by atoms with Crippen LogP contribution in [-0.2, 0) is 4.79 Å². The van der Waals surface area contributed by atoms with Crippen LogP contribution < -0.4 is 0 Å². The largest absolute Gasteiger partial charge is 0.387 e. The zero-order valence-corrected chi connectivity index (χ0v) is 9.76. The van der Waals surface area contributed by atoms with E-state index in [1.807, 2.05) is 19.1 Å². The molecule has 1 amide bonds. The van der Waals surface area contributed by atoms with Gasteiger partial charge in [-0.25, -0.2) is 0 Å². The first-order valence-corrected chi connectivity index (χ1v) is 5.48. The van der Waals surface area contributed by atoms with E-state index in [1.54, 1.807) is 24.2 Å². The van der Waals surface area contributed by atoms with E-state index in [0.29, 0.717) is 25.1 Å². The molecule has 0 fully saturated rings. The standard InChI is InChI=1S/C12H18N2O2/c1-3-12(16)14(2)9-7-11(15)10-6-4-5-8-13-10/h4-6,8,11,15H,3,7,9H2,1-2H3. The van der Waals surface area contributed by atoms with Crippen LogP contribution in [0.2, 0.25) is 0 Å². The second-order valence-corrected chi connectivity index (χ2v) is 3.73. The average molecular weight is 222 g/mol. The zero-order chi connectivity index (χ0) is 12.0. The minimum Gasteiger partial charge on any atom is -0.387 e. The van der Waals surface area contributed by atoms with Crippen molar-refractivity contribution >= 4 is 5.91 Å². The Bertz CT molecular complexity index is 327. The van der Waals surface area contributed by atoms with Gasteiger partial charge in [0.1, 0.15) is 0 Å². The third-order valence-corrected chi connectivity index (χ3v) is 2.50. The third kappa shape index (κ3) is 3.62. The topological polar surface area (TPSA) is 53.4 Å². The summed E-state index contributed by atoms with van der Waals surface area (Å²) in [6, 6.07) is 5.43. The van der Waals surface area contributed by atoms with Crippen molar-refractivity contribution in [3.05, 3.63) is 30.1 Å². The van der Waals surface area contributed by atoms with Gasteiger partial charge in [0.05, 0.1) is 11.8 Å². The summed E-state index contributed by atoms with van der Waals surface area (Å²) in [6.45, 7) is 2.37. The number of carbonyl (C=O) groups is 1. The molecule has 1 aromatic heterocycles. The van der Waals surface area contributed by atoms with Crippen LogP contribution in [0, 0.1) is 0 Å². The molecule has 0 aliphatic rings. The molecule has 0 saturated heterocycles. The highest BCUT2D eigenvalue weighted by molar-refractivity contribution is 5.75. The molecule has 1 heterocycles. The minimum absolute atomic E-state index is 0.0909. The van der Waals surface area contributed by atoms with Crippen molar-refractivity contribution in [1.29, 1.82) is 0 Å². The van der Waals surface area contributed by atoms with Crippen LogP contribution in [0.1, 0.15) is 31.6 Å². The van der Waals surface area contributed by atoms with Gasteiger partial charge in [0.15, 0.2) is 0 Å². The summed E-state index contributed by atoms with van der Waals surface area (Å²) in [5, 5.41) is 9.82. The van der Waals surface area contributed by atoms with Crippen LogP contribution in [0.25, 0.3) is 0 Å². The predicted octanol–water partition coefficient (Wildman–Crippen LogP) is 1.37. The van der Waals surface area contributed by atoms with Crippen molar-refractivity contribution in [3.63, 3.8) is 0 Å². The molecule has 1 aromatic rings. The number of aromatic nitrogens is 1. The normalized spacial score (nSPS) is 12.2. The molecule has 0 spiro atoms. The van der Waals surface area contributed by atoms with E-state index < -0.39 is 6.10 Å². The van der Waals surface area contributed by atoms with Gasteiger partial charge in [0.25, 0.3) is 0 Å². The average Bonchev–Trinajstić information content (AvgIpc) is 2.35. The van der Waals surface area contributed by atoms with Crippen molar-refractivity contribution in [2.24, 2.45) is 0 Å². The first-order valence-electron chi connectivity index (χ1n) is 5.48. The Labute approximate surface area is 95.9 Å². The fourth-order valence-electron chi connectivity index (χ4n) is 1.43. The molecule has 0 aromatic carbocycles. The van der Waals surface area contributed by atoms with Gasteiger partial charge in [-0.3, -0.25) is 9.78 Å². The number of hydrogen-bond acceptors (Lipinski definition) is 3. The lowest BCUT2D eigenvalue weighted by Crippen LogP contribution is -2.27. The highest BCUT2D eigenvalue weighted by atomic mass is 16.3. The SMILES string of the molecule is CCC(=O)N(C)CCC(O)c1ccccn1.